The van der Waals surface area contributed by atoms with E-state index in [2.05, 4.69) is 25.7 Å². The number of carbonyl (C=O) groups excluding carboxylic acids is 1. The van der Waals surface area contributed by atoms with Crippen molar-refractivity contribution >= 4 is 22.6 Å². The van der Waals surface area contributed by atoms with E-state index >= 15 is 0 Å². The highest BCUT2D eigenvalue weighted by molar-refractivity contribution is 6.05. The fourth-order valence-corrected chi connectivity index (χ4v) is 3.24. The van der Waals surface area contributed by atoms with Gasteiger partial charge in [0.05, 0.1) is 24.2 Å². The van der Waals surface area contributed by atoms with E-state index in [-0.39, 0.29) is 18.0 Å². The van der Waals surface area contributed by atoms with Crippen LogP contribution in [0, 0.1) is 0 Å². The van der Waals surface area contributed by atoms with E-state index in [1.165, 1.54) is 6.33 Å². The lowest BCUT2D eigenvalue weighted by atomic mass is 10.0. The molecule has 0 saturated carbocycles. The lowest BCUT2D eigenvalue weighted by molar-refractivity contribution is 0.0618. The van der Waals surface area contributed by atoms with Crippen LogP contribution in [0.3, 0.4) is 0 Å². The molecule has 1 aliphatic heterocycles. The van der Waals surface area contributed by atoms with Gasteiger partial charge >= 0.3 is 0 Å². The fraction of sp³-hybridized carbons (Fsp3) is 0.333. The third kappa shape index (κ3) is 3.23. The minimum absolute atomic E-state index is 0.0717. The lowest BCUT2D eigenvalue weighted by Crippen LogP contribution is -2.52. The number of aryl methyl sites for hydroxylation is 1. The number of para-hydroxylation sites is 1. The molecular weight excluding hydrogens is 332 g/mol. The zero-order valence-electron chi connectivity index (χ0n) is 14.4. The number of fused-ring (bicyclic) bond motifs is 1. The summed E-state index contributed by atoms with van der Waals surface area (Å²) in [5.41, 5.74) is 1.37. The Morgan fingerprint density at radius 3 is 3.00 bits per heavy atom. The molecule has 0 unspecified atom stereocenters. The van der Waals surface area contributed by atoms with Crippen LogP contribution < -0.4 is 10.6 Å². The van der Waals surface area contributed by atoms with Crippen molar-refractivity contribution in [2.75, 3.05) is 18.5 Å². The normalized spacial score (nSPS) is 20.0. The van der Waals surface area contributed by atoms with Crippen molar-refractivity contribution in [1.29, 1.82) is 0 Å². The van der Waals surface area contributed by atoms with Crippen molar-refractivity contribution in [2.45, 2.75) is 18.5 Å². The molecule has 1 fully saturated rings. The Labute approximate surface area is 150 Å². The van der Waals surface area contributed by atoms with Crippen LogP contribution in [0.1, 0.15) is 16.9 Å². The quantitative estimate of drug-likeness (QED) is 0.736. The second-order valence-corrected chi connectivity index (χ2v) is 6.28. The first-order valence-electron chi connectivity index (χ1n) is 8.55. The predicted molar refractivity (Wildman–Crippen MR) is 96.8 cm³/mol. The Kier molecular flexibility index (Phi) is 4.49. The number of rotatable bonds is 4. The van der Waals surface area contributed by atoms with E-state index < -0.39 is 0 Å². The first kappa shape index (κ1) is 16.5. The second kappa shape index (κ2) is 7.09. The number of aromatic nitrogens is 4. The topological polar surface area (TPSA) is 94.0 Å². The summed E-state index contributed by atoms with van der Waals surface area (Å²) in [5.74, 6) is 0.529. The van der Waals surface area contributed by atoms with Crippen LogP contribution in [0.25, 0.3) is 10.9 Å². The van der Waals surface area contributed by atoms with Crippen LogP contribution >= 0.6 is 0 Å². The van der Waals surface area contributed by atoms with Gasteiger partial charge in [0.15, 0.2) is 5.69 Å². The second-order valence-electron chi connectivity index (χ2n) is 6.28. The summed E-state index contributed by atoms with van der Waals surface area (Å²) in [5, 5.41) is 11.7. The molecule has 0 radical (unpaired) electrons. The van der Waals surface area contributed by atoms with Crippen molar-refractivity contribution in [1.82, 2.24) is 25.1 Å². The summed E-state index contributed by atoms with van der Waals surface area (Å²) >= 11 is 0. The standard InChI is InChI=1S/C18H20N6O2/c1-24-15-5-3-2-4-12(15)17(23-24)18(25)22-13-7-9-26-10-14(13)21-16-6-8-19-11-20-16/h2-6,8,11,13-14H,7,9-10H2,1H3,(H,22,25)(H,19,20,21)/t13-,14+/m0/s1. The highest BCUT2D eigenvalue weighted by atomic mass is 16.5. The van der Waals surface area contributed by atoms with Crippen LogP contribution in [0.2, 0.25) is 0 Å². The van der Waals surface area contributed by atoms with Gasteiger partial charge in [0, 0.05) is 25.2 Å². The average Bonchev–Trinajstić information content (AvgIpc) is 3.01. The van der Waals surface area contributed by atoms with Crippen molar-refractivity contribution in [3.63, 3.8) is 0 Å². The van der Waals surface area contributed by atoms with Crippen LogP contribution in [0.15, 0.2) is 42.9 Å². The predicted octanol–water partition coefficient (Wildman–Crippen LogP) is 1.36. The molecule has 2 aromatic heterocycles. The minimum atomic E-state index is -0.178. The van der Waals surface area contributed by atoms with Gasteiger partial charge in [0.25, 0.3) is 5.91 Å². The Balaban J connectivity index is 1.53. The molecule has 8 nitrogen and oxygen atoms in total. The van der Waals surface area contributed by atoms with E-state index in [1.54, 1.807) is 16.9 Å². The van der Waals surface area contributed by atoms with Crippen LogP contribution in [0.4, 0.5) is 5.82 Å². The van der Waals surface area contributed by atoms with Gasteiger partial charge in [-0.2, -0.15) is 5.10 Å². The zero-order chi connectivity index (χ0) is 17.9. The van der Waals surface area contributed by atoms with Gasteiger partial charge in [-0.1, -0.05) is 18.2 Å². The number of benzene rings is 1. The molecule has 0 aliphatic carbocycles. The van der Waals surface area contributed by atoms with Gasteiger partial charge in [0.2, 0.25) is 0 Å². The first-order chi connectivity index (χ1) is 12.7. The number of ether oxygens (including phenoxy) is 1. The molecule has 3 heterocycles. The van der Waals surface area contributed by atoms with Gasteiger partial charge in [-0.05, 0) is 18.6 Å². The fourth-order valence-electron chi connectivity index (χ4n) is 3.24. The monoisotopic (exact) mass is 352 g/mol. The van der Waals surface area contributed by atoms with E-state index in [0.717, 1.165) is 17.3 Å². The van der Waals surface area contributed by atoms with E-state index in [4.69, 9.17) is 4.74 Å². The summed E-state index contributed by atoms with van der Waals surface area (Å²) < 4.78 is 7.30. The summed E-state index contributed by atoms with van der Waals surface area (Å²) in [4.78, 5) is 21.0. The average molecular weight is 352 g/mol. The number of carbonyl (C=O) groups is 1. The largest absolute Gasteiger partial charge is 0.379 e. The summed E-state index contributed by atoms with van der Waals surface area (Å²) in [6.07, 6.45) is 3.88. The lowest BCUT2D eigenvalue weighted by Gasteiger charge is -2.32. The number of hydrogen-bond donors (Lipinski definition) is 2. The molecule has 1 saturated heterocycles. The Bertz CT molecular complexity index is 910. The number of nitrogens with one attached hydrogen (secondary N) is 2. The molecule has 3 aromatic rings. The maximum Gasteiger partial charge on any atom is 0.272 e. The number of hydrogen-bond acceptors (Lipinski definition) is 6. The Morgan fingerprint density at radius 2 is 2.15 bits per heavy atom. The van der Waals surface area contributed by atoms with Gasteiger partial charge in [-0.3, -0.25) is 9.48 Å². The number of amides is 1. The highest BCUT2D eigenvalue weighted by Crippen LogP contribution is 2.19. The van der Waals surface area contributed by atoms with E-state index in [9.17, 15) is 4.79 Å². The number of anilines is 1. The summed E-state index contributed by atoms with van der Waals surface area (Å²) in [6, 6.07) is 9.36. The molecule has 2 N–H and O–H groups in total. The smallest absolute Gasteiger partial charge is 0.272 e. The van der Waals surface area contributed by atoms with Crippen molar-refractivity contribution in [3.8, 4) is 0 Å². The molecule has 26 heavy (non-hydrogen) atoms. The van der Waals surface area contributed by atoms with E-state index in [1.807, 2.05) is 31.3 Å². The van der Waals surface area contributed by atoms with Crippen molar-refractivity contribution in [3.05, 3.63) is 48.5 Å². The highest BCUT2D eigenvalue weighted by Gasteiger charge is 2.29. The molecule has 8 heteroatoms. The van der Waals surface area contributed by atoms with Gasteiger partial charge in [-0.25, -0.2) is 9.97 Å². The van der Waals surface area contributed by atoms with Gasteiger partial charge in [0.1, 0.15) is 12.1 Å². The van der Waals surface area contributed by atoms with E-state index in [0.29, 0.717) is 24.7 Å². The zero-order valence-corrected chi connectivity index (χ0v) is 14.4. The molecule has 1 amide bonds. The molecule has 0 spiro atoms. The molecule has 2 atom stereocenters. The maximum absolute atomic E-state index is 12.9. The SMILES string of the molecule is Cn1nc(C(=O)N[C@H]2CCOC[C@H]2Nc2ccncn2)c2ccccc21. The van der Waals surface area contributed by atoms with Crippen molar-refractivity contribution < 1.29 is 9.53 Å². The maximum atomic E-state index is 12.9. The number of nitrogens with zero attached hydrogens (tertiary/aromatic N) is 4. The molecule has 134 valence electrons. The molecule has 4 rings (SSSR count). The van der Waals surface area contributed by atoms with Gasteiger partial charge in [-0.15, -0.1) is 0 Å². The molecule has 0 bridgehead atoms. The van der Waals surface area contributed by atoms with Crippen LogP contribution in [-0.2, 0) is 11.8 Å². The molecule has 1 aromatic carbocycles. The molecule has 1 aliphatic rings. The molecular formula is C18H20N6O2. The van der Waals surface area contributed by atoms with Crippen molar-refractivity contribution in [2.24, 2.45) is 7.05 Å². The first-order valence-corrected chi connectivity index (χ1v) is 8.55. The van der Waals surface area contributed by atoms with Crippen LogP contribution in [0.5, 0.6) is 0 Å². The summed E-state index contributed by atoms with van der Waals surface area (Å²) in [6.45, 7) is 1.10. The minimum Gasteiger partial charge on any atom is -0.379 e. The third-order valence-electron chi connectivity index (χ3n) is 4.56. The van der Waals surface area contributed by atoms with Gasteiger partial charge < -0.3 is 15.4 Å². The van der Waals surface area contributed by atoms with Crippen LogP contribution in [-0.4, -0.2) is 51.0 Å². The Hall–Kier alpha value is -3.00. The summed E-state index contributed by atoms with van der Waals surface area (Å²) in [7, 11) is 1.84. The third-order valence-corrected chi connectivity index (χ3v) is 4.56. The Morgan fingerprint density at radius 1 is 1.27 bits per heavy atom.